The number of hydrogen-bond donors (Lipinski definition) is 2. The number of carboxylic acids is 1. The van der Waals surface area contributed by atoms with Crippen molar-refractivity contribution in [3.05, 3.63) is 101 Å². The average molecular weight is 347 g/mol. The maximum Gasteiger partial charge on any atom is 0.335 e. The van der Waals surface area contributed by atoms with Gasteiger partial charge in [0.15, 0.2) is 0 Å². The van der Waals surface area contributed by atoms with Gasteiger partial charge in [0, 0.05) is 17.7 Å². The van der Waals surface area contributed by atoms with E-state index < -0.39 is 5.97 Å². The summed E-state index contributed by atoms with van der Waals surface area (Å²) >= 11 is 0. The van der Waals surface area contributed by atoms with Crippen molar-refractivity contribution in [1.82, 2.24) is 0 Å². The molecular formula is C22H21NO3. The van der Waals surface area contributed by atoms with Crippen LogP contribution in [0.4, 0.5) is 5.69 Å². The quantitative estimate of drug-likeness (QED) is 0.619. The first-order valence-corrected chi connectivity index (χ1v) is 8.45. The molecule has 3 N–H and O–H groups in total. The molecule has 0 aliphatic heterocycles. The molecule has 3 rings (SSSR count). The Morgan fingerprint density at radius 1 is 0.923 bits per heavy atom. The summed E-state index contributed by atoms with van der Waals surface area (Å²) in [6.45, 7) is 0.457. The van der Waals surface area contributed by atoms with Crippen LogP contribution in [0.25, 0.3) is 0 Å². The van der Waals surface area contributed by atoms with Gasteiger partial charge in [0.2, 0.25) is 0 Å². The first-order chi connectivity index (χ1) is 12.6. The number of nitrogen functional groups attached to an aromatic ring is 1. The molecule has 0 heterocycles. The smallest absolute Gasteiger partial charge is 0.335 e. The van der Waals surface area contributed by atoms with E-state index in [1.54, 1.807) is 12.1 Å². The average Bonchev–Trinajstić information content (AvgIpc) is 2.67. The summed E-state index contributed by atoms with van der Waals surface area (Å²) in [6.07, 6.45) is 0.394. The van der Waals surface area contributed by atoms with E-state index in [0.29, 0.717) is 18.7 Å². The lowest BCUT2D eigenvalue weighted by Crippen LogP contribution is -2.11. The summed E-state index contributed by atoms with van der Waals surface area (Å²) in [7, 11) is 0. The lowest BCUT2D eigenvalue weighted by Gasteiger charge is -2.21. The molecule has 132 valence electrons. The van der Waals surface area contributed by atoms with Gasteiger partial charge in [0.25, 0.3) is 0 Å². The van der Waals surface area contributed by atoms with Gasteiger partial charge in [-0.1, -0.05) is 66.7 Å². The van der Waals surface area contributed by atoms with Crippen LogP contribution < -0.4 is 5.73 Å². The van der Waals surface area contributed by atoms with Crippen LogP contribution in [0.1, 0.15) is 33.2 Å². The van der Waals surface area contributed by atoms with Gasteiger partial charge in [0.1, 0.15) is 0 Å². The van der Waals surface area contributed by atoms with Crippen molar-refractivity contribution < 1.29 is 14.6 Å². The van der Waals surface area contributed by atoms with Gasteiger partial charge in [-0.05, 0) is 23.3 Å². The number of hydrogen-bond acceptors (Lipinski definition) is 3. The van der Waals surface area contributed by atoms with Crippen molar-refractivity contribution >= 4 is 11.7 Å². The van der Waals surface area contributed by atoms with Crippen LogP contribution in [0.2, 0.25) is 0 Å². The zero-order chi connectivity index (χ0) is 18.4. The summed E-state index contributed by atoms with van der Waals surface area (Å²) < 4.78 is 6.17. The maximum absolute atomic E-state index is 11.1. The van der Waals surface area contributed by atoms with Crippen molar-refractivity contribution in [1.29, 1.82) is 0 Å². The molecule has 0 aliphatic carbocycles. The van der Waals surface area contributed by atoms with Crippen molar-refractivity contribution in [3.8, 4) is 0 Å². The minimum Gasteiger partial charge on any atom is -0.478 e. The Bertz CT molecular complexity index is 863. The van der Waals surface area contributed by atoms with Gasteiger partial charge in [-0.2, -0.15) is 0 Å². The zero-order valence-electron chi connectivity index (χ0n) is 14.3. The fourth-order valence-corrected chi connectivity index (χ4v) is 2.86. The molecule has 1 unspecified atom stereocenters. The van der Waals surface area contributed by atoms with Gasteiger partial charge in [-0.25, -0.2) is 4.79 Å². The summed E-state index contributed by atoms with van der Waals surface area (Å²) in [5.41, 5.74) is 9.75. The third-order valence-electron chi connectivity index (χ3n) is 4.24. The van der Waals surface area contributed by atoms with Crippen LogP contribution in [0, 0.1) is 0 Å². The van der Waals surface area contributed by atoms with E-state index in [2.05, 4.69) is 0 Å². The molecule has 4 heteroatoms. The number of aromatic carboxylic acids is 1. The third-order valence-corrected chi connectivity index (χ3v) is 4.24. The lowest BCUT2D eigenvalue weighted by molar-refractivity contribution is 0.0403. The van der Waals surface area contributed by atoms with Crippen LogP contribution in [0.5, 0.6) is 0 Å². The number of carbonyl (C=O) groups is 1. The second-order valence-corrected chi connectivity index (χ2v) is 6.12. The predicted octanol–water partition coefficient (Wildman–Crippen LogP) is 4.47. The van der Waals surface area contributed by atoms with E-state index in [9.17, 15) is 4.79 Å². The number of carboxylic acid groups (broad SMARTS) is 1. The minimum absolute atomic E-state index is 0.174. The minimum atomic E-state index is -0.993. The Labute approximate surface area is 152 Å². The fourth-order valence-electron chi connectivity index (χ4n) is 2.86. The monoisotopic (exact) mass is 347 g/mol. The molecule has 3 aromatic rings. The first-order valence-electron chi connectivity index (χ1n) is 8.45. The molecular weight excluding hydrogens is 326 g/mol. The molecule has 26 heavy (non-hydrogen) atoms. The molecule has 0 bridgehead atoms. The highest BCUT2D eigenvalue weighted by atomic mass is 16.5. The zero-order valence-corrected chi connectivity index (χ0v) is 14.3. The van der Waals surface area contributed by atoms with E-state index in [4.69, 9.17) is 15.6 Å². The molecule has 0 saturated carbocycles. The molecule has 0 fully saturated rings. The van der Waals surface area contributed by atoms with Gasteiger partial charge < -0.3 is 15.6 Å². The SMILES string of the molecule is Nc1cc(C(=O)O)ccc1C(Cc1ccccc1)OCc1ccccc1. The van der Waals surface area contributed by atoms with E-state index >= 15 is 0 Å². The molecule has 4 nitrogen and oxygen atoms in total. The molecule has 3 aromatic carbocycles. The second-order valence-electron chi connectivity index (χ2n) is 6.12. The molecule has 0 radical (unpaired) electrons. The second kappa shape index (κ2) is 8.32. The first kappa shape index (κ1) is 17.7. The van der Waals surface area contributed by atoms with Crippen molar-refractivity contribution in [2.45, 2.75) is 19.1 Å². The molecule has 0 amide bonds. The van der Waals surface area contributed by atoms with Gasteiger partial charge in [-0.3, -0.25) is 0 Å². The number of anilines is 1. The van der Waals surface area contributed by atoms with E-state index in [-0.39, 0.29) is 11.7 Å². The Morgan fingerprint density at radius 2 is 1.54 bits per heavy atom. The number of benzene rings is 3. The summed E-state index contributed by atoms with van der Waals surface area (Å²) in [5.74, 6) is -0.993. The highest BCUT2D eigenvalue weighted by Gasteiger charge is 2.17. The Kier molecular flexibility index (Phi) is 5.66. The molecule has 0 spiro atoms. The fraction of sp³-hybridized carbons (Fsp3) is 0.136. The Morgan fingerprint density at radius 3 is 2.12 bits per heavy atom. The Hall–Kier alpha value is -3.11. The number of ether oxygens (including phenoxy) is 1. The topological polar surface area (TPSA) is 72.6 Å². The summed E-state index contributed by atoms with van der Waals surface area (Å²) in [6, 6.07) is 24.8. The molecule has 0 aromatic heterocycles. The van der Waals surface area contributed by atoms with Crippen LogP contribution >= 0.6 is 0 Å². The van der Waals surface area contributed by atoms with E-state index in [1.807, 2.05) is 60.7 Å². The van der Waals surface area contributed by atoms with Crippen LogP contribution in [-0.2, 0) is 17.8 Å². The van der Waals surface area contributed by atoms with Crippen molar-refractivity contribution in [2.24, 2.45) is 0 Å². The van der Waals surface area contributed by atoms with Crippen LogP contribution in [-0.4, -0.2) is 11.1 Å². The normalized spacial score (nSPS) is 11.8. The summed E-state index contributed by atoms with van der Waals surface area (Å²) in [4.78, 5) is 11.1. The highest BCUT2D eigenvalue weighted by molar-refractivity contribution is 5.89. The van der Waals surface area contributed by atoms with E-state index in [0.717, 1.165) is 16.7 Å². The maximum atomic E-state index is 11.1. The molecule has 0 aliphatic rings. The van der Waals surface area contributed by atoms with Crippen molar-refractivity contribution in [2.75, 3.05) is 5.73 Å². The largest absolute Gasteiger partial charge is 0.478 e. The predicted molar refractivity (Wildman–Crippen MR) is 102 cm³/mol. The van der Waals surface area contributed by atoms with E-state index in [1.165, 1.54) is 6.07 Å². The van der Waals surface area contributed by atoms with Gasteiger partial charge in [-0.15, -0.1) is 0 Å². The number of nitrogens with two attached hydrogens (primary N) is 1. The van der Waals surface area contributed by atoms with Crippen LogP contribution in [0.3, 0.4) is 0 Å². The standard InChI is InChI=1S/C22H21NO3/c23-20-14-18(22(24)25)11-12-19(20)21(13-16-7-3-1-4-8-16)26-15-17-9-5-2-6-10-17/h1-12,14,21H,13,15,23H2,(H,24,25). The number of rotatable bonds is 7. The Balaban J connectivity index is 1.85. The highest BCUT2D eigenvalue weighted by Crippen LogP contribution is 2.29. The van der Waals surface area contributed by atoms with Gasteiger partial charge >= 0.3 is 5.97 Å². The molecule has 0 saturated heterocycles. The molecule has 1 atom stereocenters. The van der Waals surface area contributed by atoms with Crippen molar-refractivity contribution in [3.63, 3.8) is 0 Å². The third kappa shape index (κ3) is 4.49. The van der Waals surface area contributed by atoms with Crippen LogP contribution in [0.15, 0.2) is 78.9 Å². The lowest BCUT2D eigenvalue weighted by atomic mass is 9.98. The summed E-state index contributed by atoms with van der Waals surface area (Å²) in [5, 5.41) is 9.14. The van der Waals surface area contributed by atoms with Gasteiger partial charge in [0.05, 0.1) is 18.3 Å².